The van der Waals surface area contributed by atoms with Crippen molar-refractivity contribution in [3.8, 4) is 11.5 Å². The van der Waals surface area contributed by atoms with Crippen LogP contribution in [0.3, 0.4) is 0 Å². The Morgan fingerprint density at radius 3 is 2.61 bits per heavy atom. The number of fused-ring (bicyclic) bond motifs is 3. The van der Waals surface area contributed by atoms with Crippen LogP contribution in [-0.4, -0.2) is 59.8 Å². The average molecular weight is 428 g/mol. The summed E-state index contributed by atoms with van der Waals surface area (Å²) in [6, 6.07) is 3.95. The van der Waals surface area contributed by atoms with Gasteiger partial charge in [0.25, 0.3) is 0 Å². The van der Waals surface area contributed by atoms with Crippen molar-refractivity contribution in [3.63, 3.8) is 0 Å². The number of ether oxygens (including phenoxy) is 2. The van der Waals surface area contributed by atoms with Crippen LogP contribution in [0.5, 0.6) is 11.5 Å². The predicted octanol–water partition coefficient (Wildman–Crippen LogP) is 3.87. The lowest BCUT2D eigenvalue weighted by molar-refractivity contribution is -0.141. The highest BCUT2D eigenvalue weighted by atomic mass is 16.5. The molecule has 0 bridgehead atoms. The Bertz CT molecular complexity index is 967. The van der Waals surface area contributed by atoms with Gasteiger partial charge in [0.1, 0.15) is 11.4 Å². The SMILES string of the molecule is COc1cc2c3c(c(NC(C)(C)C(=O)O)nc2cc1OCCCN1CCCC1)CCC3. The first-order valence-electron chi connectivity index (χ1n) is 11.3. The highest BCUT2D eigenvalue weighted by Gasteiger charge is 2.30. The van der Waals surface area contributed by atoms with Gasteiger partial charge in [0, 0.05) is 18.0 Å². The first-order valence-corrected chi connectivity index (χ1v) is 11.3. The summed E-state index contributed by atoms with van der Waals surface area (Å²) in [6.07, 6.45) is 6.45. The standard InChI is InChI=1S/C24H33N3O4/c1-24(2,23(28)29)26-22-17-9-6-8-16(17)18-14-20(30-3)21(15-19(18)25-22)31-13-7-12-27-10-4-5-11-27/h14-15H,4-13H2,1-3H3,(H,25,26)(H,28,29). The summed E-state index contributed by atoms with van der Waals surface area (Å²) in [5.41, 5.74) is 2.05. The summed E-state index contributed by atoms with van der Waals surface area (Å²) in [7, 11) is 1.66. The molecule has 2 aromatic rings. The first-order chi connectivity index (χ1) is 14.9. The van der Waals surface area contributed by atoms with E-state index in [2.05, 4.69) is 10.2 Å². The molecule has 7 nitrogen and oxygen atoms in total. The topological polar surface area (TPSA) is 83.9 Å². The number of benzene rings is 1. The fraction of sp³-hybridized carbons (Fsp3) is 0.583. The highest BCUT2D eigenvalue weighted by molar-refractivity contribution is 5.90. The lowest BCUT2D eigenvalue weighted by Crippen LogP contribution is -2.40. The number of nitrogens with one attached hydrogen (secondary N) is 1. The minimum atomic E-state index is -1.10. The molecule has 0 saturated carbocycles. The molecule has 1 fully saturated rings. The second-order valence-electron chi connectivity index (χ2n) is 9.10. The molecule has 1 aromatic carbocycles. The molecule has 7 heteroatoms. The smallest absolute Gasteiger partial charge is 0.328 e. The average Bonchev–Trinajstić information content (AvgIpc) is 3.42. The van der Waals surface area contributed by atoms with Crippen LogP contribution >= 0.6 is 0 Å². The molecule has 0 atom stereocenters. The zero-order valence-electron chi connectivity index (χ0n) is 18.8. The van der Waals surface area contributed by atoms with E-state index in [0.29, 0.717) is 18.2 Å². The molecule has 1 aliphatic carbocycles. The Labute approximate surface area is 183 Å². The number of aliphatic carboxylic acids is 1. The number of aromatic nitrogens is 1. The molecule has 31 heavy (non-hydrogen) atoms. The van der Waals surface area contributed by atoms with Crippen LogP contribution in [0.25, 0.3) is 10.9 Å². The number of likely N-dealkylation sites (tertiary alicyclic amines) is 1. The van der Waals surface area contributed by atoms with Gasteiger partial charge in [-0.25, -0.2) is 9.78 Å². The van der Waals surface area contributed by atoms with Gasteiger partial charge in [-0.15, -0.1) is 0 Å². The van der Waals surface area contributed by atoms with Crippen molar-refractivity contribution in [3.05, 3.63) is 23.3 Å². The van der Waals surface area contributed by atoms with E-state index >= 15 is 0 Å². The van der Waals surface area contributed by atoms with Crippen molar-refractivity contribution in [1.82, 2.24) is 9.88 Å². The van der Waals surface area contributed by atoms with Crippen molar-refractivity contribution in [2.24, 2.45) is 0 Å². The normalized spacial score (nSPS) is 16.5. The molecule has 2 heterocycles. The molecular weight excluding hydrogens is 394 g/mol. The number of methoxy groups -OCH3 is 1. The zero-order chi connectivity index (χ0) is 22.0. The molecule has 0 amide bonds. The number of aryl methyl sites for hydroxylation is 1. The largest absolute Gasteiger partial charge is 0.493 e. The number of anilines is 1. The van der Waals surface area contributed by atoms with E-state index in [4.69, 9.17) is 14.5 Å². The summed E-state index contributed by atoms with van der Waals surface area (Å²) in [5.74, 6) is 1.16. The van der Waals surface area contributed by atoms with Crippen molar-refractivity contribution >= 4 is 22.7 Å². The van der Waals surface area contributed by atoms with E-state index in [-0.39, 0.29) is 0 Å². The third-order valence-electron chi connectivity index (χ3n) is 6.38. The van der Waals surface area contributed by atoms with Gasteiger partial charge in [0.2, 0.25) is 0 Å². The minimum Gasteiger partial charge on any atom is -0.493 e. The second kappa shape index (κ2) is 8.91. The number of carboxylic acid groups (broad SMARTS) is 1. The van der Waals surface area contributed by atoms with Crippen molar-refractivity contribution < 1.29 is 19.4 Å². The molecule has 0 radical (unpaired) electrons. The number of pyridine rings is 1. The monoisotopic (exact) mass is 427 g/mol. The van der Waals surface area contributed by atoms with Crippen LogP contribution in [0.4, 0.5) is 5.82 Å². The summed E-state index contributed by atoms with van der Waals surface area (Å²) in [6.45, 7) is 7.38. The van der Waals surface area contributed by atoms with Gasteiger partial charge in [-0.05, 0) is 82.7 Å². The molecule has 2 aliphatic rings. The van der Waals surface area contributed by atoms with E-state index in [1.807, 2.05) is 12.1 Å². The third kappa shape index (κ3) is 4.56. The van der Waals surface area contributed by atoms with E-state index in [0.717, 1.165) is 54.4 Å². The summed E-state index contributed by atoms with van der Waals surface area (Å²) >= 11 is 0. The fourth-order valence-corrected chi connectivity index (χ4v) is 4.58. The second-order valence-corrected chi connectivity index (χ2v) is 9.10. The van der Waals surface area contributed by atoms with Crippen LogP contribution in [0.2, 0.25) is 0 Å². The molecule has 2 N–H and O–H groups in total. The predicted molar refractivity (Wildman–Crippen MR) is 121 cm³/mol. The van der Waals surface area contributed by atoms with E-state index in [9.17, 15) is 9.90 Å². The van der Waals surface area contributed by atoms with Gasteiger partial charge >= 0.3 is 5.97 Å². The quantitative estimate of drug-likeness (QED) is 0.588. The molecule has 1 aliphatic heterocycles. The number of carbonyl (C=O) groups is 1. The number of carboxylic acids is 1. The molecule has 0 unspecified atom stereocenters. The lowest BCUT2D eigenvalue weighted by atomic mass is 10.0. The molecule has 0 spiro atoms. The number of hydrogen-bond donors (Lipinski definition) is 2. The van der Waals surface area contributed by atoms with Gasteiger partial charge in [0.05, 0.1) is 19.2 Å². The molecule has 168 valence electrons. The Balaban J connectivity index is 1.60. The maximum atomic E-state index is 11.6. The molecular formula is C24H33N3O4. The highest BCUT2D eigenvalue weighted by Crippen LogP contribution is 2.39. The van der Waals surface area contributed by atoms with Gasteiger partial charge in [-0.1, -0.05) is 0 Å². The summed E-state index contributed by atoms with van der Waals surface area (Å²) in [4.78, 5) is 18.9. The Morgan fingerprint density at radius 2 is 1.90 bits per heavy atom. The van der Waals surface area contributed by atoms with Gasteiger partial charge < -0.3 is 24.8 Å². The Hall–Kier alpha value is -2.54. The van der Waals surface area contributed by atoms with E-state index in [1.54, 1.807) is 21.0 Å². The Kier molecular flexibility index (Phi) is 6.23. The van der Waals surface area contributed by atoms with Crippen molar-refractivity contribution in [1.29, 1.82) is 0 Å². The van der Waals surface area contributed by atoms with E-state index in [1.165, 1.54) is 31.5 Å². The first kappa shape index (κ1) is 21.7. The zero-order valence-corrected chi connectivity index (χ0v) is 18.8. The van der Waals surface area contributed by atoms with Crippen molar-refractivity contribution in [2.45, 2.75) is 57.9 Å². The third-order valence-corrected chi connectivity index (χ3v) is 6.38. The molecule has 1 saturated heterocycles. The van der Waals surface area contributed by atoms with Gasteiger partial charge in [-0.2, -0.15) is 0 Å². The minimum absolute atomic E-state index is 0.625. The number of rotatable bonds is 9. The van der Waals surface area contributed by atoms with Gasteiger partial charge in [0.15, 0.2) is 11.5 Å². The summed E-state index contributed by atoms with van der Waals surface area (Å²) < 4.78 is 11.7. The van der Waals surface area contributed by atoms with Crippen LogP contribution in [0.15, 0.2) is 12.1 Å². The Morgan fingerprint density at radius 1 is 1.16 bits per heavy atom. The van der Waals surface area contributed by atoms with Crippen LogP contribution in [0, 0.1) is 0 Å². The number of nitrogens with zero attached hydrogens (tertiary/aromatic N) is 2. The van der Waals surface area contributed by atoms with E-state index < -0.39 is 11.5 Å². The maximum absolute atomic E-state index is 11.6. The van der Waals surface area contributed by atoms with Crippen LogP contribution < -0.4 is 14.8 Å². The molecule has 1 aromatic heterocycles. The van der Waals surface area contributed by atoms with Crippen LogP contribution in [-0.2, 0) is 17.6 Å². The van der Waals surface area contributed by atoms with Gasteiger partial charge in [-0.3, -0.25) is 0 Å². The lowest BCUT2D eigenvalue weighted by Gasteiger charge is -2.24. The van der Waals surface area contributed by atoms with Crippen LogP contribution in [0.1, 0.15) is 50.7 Å². The molecule has 4 rings (SSSR count). The maximum Gasteiger partial charge on any atom is 0.328 e. The van der Waals surface area contributed by atoms with Crippen molar-refractivity contribution in [2.75, 3.05) is 38.7 Å². The number of hydrogen-bond acceptors (Lipinski definition) is 6. The fourth-order valence-electron chi connectivity index (χ4n) is 4.58. The summed E-state index contributed by atoms with van der Waals surface area (Å²) in [5, 5.41) is 13.8.